The number of nitriles is 1. The fourth-order valence-corrected chi connectivity index (χ4v) is 4.05. The Labute approximate surface area is 220 Å². The van der Waals surface area contributed by atoms with Crippen LogP contribution in [-0.4, -0.2) is 22.4 Å². The zero-order chi connectivity index (χ0) is 26.2. The predicted molar refractivity (Wildman–Crippen MR) is 144 cm³/mol. The molecular formula is C29H25ClN4O3. The largest absolute Gasteiger partial charge is 0.494 e. The zero-order valence-corrected chi connectivity index (χ0v) is 21.2. The molecule has 0 spiro atoms. The topological polar surface area (TPSA) is 97.1 Å². The van der Waals surface area contributed by atoms with Crippen molar-refractivity contribution in [3.05, 3.63) is 94.9 Å². The summed E-state index contributed by atoms with van der Waals surface area (Å²) in [6, 6.07) is 16.8. The summed E-state index contributed by atoms with van der Waals surface area (Å²) in [5, 5.41) is 14.2. The molecule has 186 valence electrons. The number of rotatable bonds is 10. The predicted octanol–water partition coefficient (Wildman–Crippen LogP) is 6.56. The maximum absolute atomic E-state index is 12.4. The van der Waals surface area contributed by atoms with Crippen molar-refractivity contribution in [1.82, 2.24) is 9.97 Å². The second-order valence-electron chi connectivity index (χ2n) is 8.09. The number of hydrogen-bond donors (Lipinski definition) is 1. The van der Waals surface area contributed by atoms with E-state index in [4.69, 9.17) is 21.1 Å². The minimum Gasteiger partial charge on any atom is -0.494 e. The third kappa shape index (κ3) is 6.24. The van der Waals surface area contributed by atoms with Crippen LogP contribution in [0.1, 0.15) is 30.7 Å². The molecule has 0 aliphatic rings. The molecule has 0 saturated heterocycles. The van der Waals surface area contributed by atoms with Gasteiger partial charge in [0.1, 0.15) is 24.2 Å². The highest BCUT2D eigenvalue weighted by Gasteiger charge is 2.16. The number of allylic oxidation sites excluding steroid dienone is 2. The summed E-state index contributed by atoms with van der Waals surface area (Å²) in [5.74, 6) is 1.06. The van der Waals surface area contributed by atoms with Gasteiger partial charge in [0.25, 0.3) is 0 Å². The summed E-state index contributed by atoms with van der Waals surface area (Å²) in [7, 11) is 0. The molecule has 0 atom stereocenters. The van der Waals surface area contributed by atoms with Crippen LogP contribution in [0.4, 0.5) is 11.4 Å². The van der Waals surface area contributed by atoms with E-state index in [1.807, 2.05) is 37.3 Å². The fourth-order valence-electron chi connectivity index (χ4n) is 3.82. The van der Waals surface area contributed by atoms with Crippen LogP contribution >= 0.6 is 11.6 Å². The molecule has 2 heterocycles. The lowest BCUT2D eigenvalue weighted by Crippen LogP contribution is -2.04. The van der Waals surface area contributed by atoms with Crippen LogP contribution in [-0.2, 0) is 17.8 Å². The SMILES string of the molecule is C/C=C/C(=O)Cc1cc2c(Nc3ccc(OCc4ccccn4)c(Cl)c3)c(C#N)cnc2cc1OCC. The van der Waals surface area contributed by atoms with Crippen LogP contribution < -0.4 is 14.8 Å². The van der Waals surface area contributed by atoms with E-state index in [9.17, 15) is 10.1 Å². The number of nitrogens with zero attached hydrogens (tertiary/aromatic N) is 3. The van der Waals surface area contributed by atoms with Crippen LogP contribution in [0, 0.1) is 11.3 Å². The first kappa shape index (κ1) is 25.7. The van der Waals surface area contributed by atoms with Crippen LogP contribution in [0.2, 0.25) is 5.02 Å². The molecular weight excluding hydrogens is 488 g/mol. The van der Waals surface area contributed by atoms with Crippen molar-refractivity contribution in [2.24, 2.45) is 0 Å². The Hall–Kier alpha value is -4.41. The Bertz CT molecular complexity index is 1500. The molecule has 0 unspecified atom stereocenters. The molecule has 0 saturated carbocycles. The van der Waals surface area contributed by atoms with Gasteiger partial charge in [-0.05, 0) is 56.3 Å². The minimum absolute atomic E-state index is 0.0465. The third-order valence-electron chi connectivity index (χ3n) is 5.49. The standard InChI is InChI=1S/C29H25ClN4O3/c1-3-7-23(35)12-19-13-24-26(15-28(19)36-4-2)33-17-20(16-31)29(24)34-21-9-10-27(25(30)14-21)37-18-22-8-5-6-11-32-22/h3,5-11,13-15,17H,4,12,18H2,1-2H3,(H,33,34)/b7-3+. The van der Waals surface area contributed by atoms with Crippen molar-refractivity contribution in [2.75, 3.05) is 11.9 Å². The Morgan fingerprint density at radius 3 is 2.70 bits per heavy atom. The van der Waals surface area contributed by atoms with E-state index in [-0.39, 0.29) is 18.8 Å². The average molecular weight is 513 g/mol. The first-order chi connectivity index (χ1) is 18.0. The van der Waals surface area contributed by atoms with E-state index in [0.717, 1.165) is 5.69 Å². The highest BCUT2D eigenvalue weighted by molar-refractivity contribution is 6.32. The first-order valence-corrected chi connectivity index (χ1v) is 12.1. The molecule has 37 heavy (non-hydrogen) atoms. The normalized spacial score (nSPS) is 10.9. The summed E-state index contributed by atoms with van der Waals surface area (Å²) in [6.45, 7) is 4.42. The maximum Gasteiger partial charge on any atom is 0.159 e. The number of carbonyl (C=O) groups excluding carboxylic acids is 1. The smallest absolute Gasteiger partial charge is 0.159 e. The van der Waals surface area contributed by atoms with Gasteiger partial charge >= 0.3 is 0 Å². The van der Waals surface area contributed by atoms with Gasteiger partial charge in [-0.3, -0.25) is 14.8 Å². The number of pyridine rings is 2. The first-order valence-electron chi connectivity index (χ1n) is 11.8. The van der Waals surface area contributed by atoms with E-state index in [2.05, 4.69) is 21.4 Å². The van der Waals surface area contributed by atoms with Crippen molar-refractivity contribution in [1.29, 1.82) is 5.26 Å². The Morgan fingerprint density at radius 1 is 1.14 bits per heavy atom. The second-order valence-corrected chi connectivity index (χ2v) is 8.50. The number of aromatic nitrogens is 2. The van der Waals surface area contributed by atoms with E-state index in [1.165, 1.54) is 12.3 Å². The van der Waals surface area contributed by atoms with E-state index < -0.39 is 0 Å². The third-order valence-corrected chi connectivity index (χ3v) is 5.79. The monoisotopic (exact) mass is 512 g/mol. The van der Waals surface area contributed by atoms with Gasteiger partial charge in [-0.2, -0.15) is 5.26 Å². The molecule has 0 amide bonds. The molecule has 8 heteroatoms. The molecule has 0 aliphatic carbocycles. The molecule has 0 fully saturated rings. The lowest BCUT2D eigenvalue weighted by Gasteiger charge is -2.16. The zero-order valence-electron chi connectivity index (χ0n) is 20.5. The van der Waals surface area contributed by atoms with E-state index in [0.29, 0.717) is 56.5 Å². The van der Waals surface area contributed by atoms with Crippen molar-refractivity contribution in [3.8, 4) is 17.6 Å². The number of ether oxygens (including phenoxy) is 2. The molecule has 2 aromatic carbocycles. The van der Waals surface area contributed by atoms with Crippen molar-refractivity contribution in [3.63, 3.8) is 0 Å². The van der Waals surface area contributed by atoms with Gasteiger partial charge in [0.05, 0.1) is 34.1 Å². The molecule has 1 N–H and O–H groups in total. The minimum atomic E-state index is -0.0465. The van der Waals surface area contributed by atoms with E-state index in [1.54, 1.807) is 37.4 Å². The summed E-state index contributed by atoms with van der Waals surface area (Å²) >= 11 is 6.50. The lowest BCUT2D eigenvalue weighted by molar-refractivity contribution is -0.114. The van der Waals surface area contributed by atoms with Crippen LogP contribution in [0.25, 0.3) is 10.9 Å². The van der Waals surface area contributed by atoms with Gasteiger partial charge in [0, 0.05) is 41.5 Å². The molecule has 0 bridgehead atoms. The average Bonchev–Trinajstić information content (AvgIpc) is 2.90. The van der Waals surface area contributed by atoms with Gasteiger partial charge < -0.3 is 14.8 Å². The molecule has 0 radical (unpaired) electrons. The molecule has 7 nitrogen and oxygen atoms in total. The number of halogens is 1. The van der Waals surface area contributed by atoms with Gasteiger partial charge in [-0.1, -0.05) is 23.7 Å². The quantitative estimate of drug-likeness (QED) is 0.240. The summed E-state index contributed by atoms with van der Waals surface area (Å²) in [5.41, 5.74) is 3.72. The number of ketones is 1. The van der Waals surface area contributed by atoms with Gasteiger partial charge in [0.2, 0.25) is 0 Å². The molecule has 4 aromatic rings. The van der Waals surface area contributed by atoms with E-state index >= 15 is 0 Å². The van der Waals surface area contributed by atoms with Crippen molar-refractivity contribution >= 4 is 39.7 Å². The van der Waals surface area contributed by atoms with Gasteiger partial charge in [-0.25, -0.2) is 0 Å². The van der Waals surface area contributed by atoms with Crippen LogP contribution in [0.15, 0.2) is 73.1 Å². The summed E-state index contributed by atoms with van der Waals surface area (Å²) < 4.78 is 11.6. The van der Waals surface area contributed by atoms with Gasteiger partial charge in [-0.15, -0.1) is 0 Å². The highest BCUT2D eigenvalue weighted by Crippen LogP contribution is 2.35. The number of carbonyl (C=O) groups is 1. The highest BCUT2D eigenvalue weighted by atomic mass is 35.5. The Kier molecular flexibility index (Phi) is 8.34. The van der Waals surface area contributed by atoms with Gasteiger partial charge in [0.15, 0.2) is 5.78 Å². The number of nitrogens with one attached hydrogen (secondary N) is 1. The summed E-state index contributed by atoms with van der Waals surface area (Å²) in [4.78, 5) is 21.1. The van der Waals surface area contributed by atoms with Crippen molar-refractivity contribution in [2.45, 2.75) is 26.9 Å². The number of hydrogen-bond acceptors (Lipinski definition) is 7. The van der Waals surface area contributed by atoms with Crippen molar-refractivity contribution < 1.29 is 14.3 Å². The van der Waals surface area contributed by atoms with Crippen LogP contribution in [0.5, 0.6) is 11.5 Å². The number of fused-ring (bicyclic) bond motifs is 1. The molecule has 0 aliphatic heterocycles. The maximum atomic E-state index is 12.4. The fraction of sp³-hybridized carbons (Fsp3) is 0.172. The molecule has 2 aromatic heterocycles. The Balaban J connectivity index is 1.68. The lowest BCUT2D eigenvalue weighted by atomic mass is 10.0. The number of benzene rings is 2. The summed E-state index contributed by atoms with van der Waals surface area (Å²) in [6.07, 6.45) is 6.62. The second kappa shape index (κ2) is 12.0. The Morgan fingerprint density at radius 2 is 2.00 bits per heavy atom. The number of anilines is 2. The molecule has 4 rings (SSSR count). The van der Waals surface area contributed by atoms with Crippen LogP contribution in [0.3, 0.4) is 0 Å².